The van der Waals surface area contributed by atoms with Crippen LogP contribution in [0.2, 0.25) is 5.02 Å². The predicted molar refractivity (Wildman–Crippen MR) is 74.5 cm³/mol. The van der Waals surface area contributed by atoms with Gasteiger partial charge in [0.2, 0.25) is 0 Å². The van der Waals surface area contributed by atoms with Crippen molar-refractivity contribution in [2.45, 2.75) is 25.7 Å². The van der Waals surface area contributed by atoms with Crippen LogP contribution in [0.5, 0.6) is 0 Å². The summed E-state index contributed by atoms with van der Waals surface area (Å²) in [6, 6.07) is 2.03. The average Bonchev–Trinajstić information content (AvgIpc) is 2.89. The minimum absolute atomic E-state index is 0.0177. The highest BCUT2D eigenvalue weighted by molar-refractivity contribution is 6.31. The fourth-order valence-electron chi connectivity index (χ4n) is 2.63. The van der Waals surface area contributed by atoms with E-state index in [4.69, 9.17) is 11.6 Å². The lowest BCUT2D eigenvalue weighted by atomic mass is 9.87. The van der Waals surface area contributed by atoms with E-state index >= 15 is 0 Å². The molecule has 1 aliphatic carbocycles. The summed E-state index contributed by atoms with van der Waals surface area (Å²) >= 11 is 5.56. The fourth-order valence-corrected chi connectivity index (χ4v) is 2.79. The lowest BCUT2D eigenvalue weighted by Crippen LogP contribution is -2.30. The first-order valence-electron chi connectivity index (χ1n) is 6.46. The van der Waals surface area contributed by atoms with Gasteiger partial charge in [0, 0.05) is 24.1 Å². The molecule has 2 N–H and O–H groups in total. The number of nitro groups is 1. The van der Waals surface area contributed by atoms with Crippen LogP contribution in [0.1, 0.15) is 25.7 Å². The molecule has 2 rings (SSSR count). The Hall–Kier alpha value is -1.40. The lowest BCUT2D eigenvalue weighted by molar-refractivity contribution is -0.384. The molecule has 1 aromatic rings. The van der Waals surface area contributed by atoms with Crippen molar-refractivity contribution in [3.63, 3.8) is 0 Å². The minimum Gasteiger partial charge on any atom is -0.396 e. The summed E-state index contributed by atoms with van der Waals surface area (Å²) in [7, 11) is 0. The van der Waals surface area contributed by atoms with Gasteiger partial charge in [0.15, 0.2) is 0 Å². The van der Waals surface area contributed by atoms with Crippen molar-refractivity contribution in [3.05, 3.63) is 33.1 Å². The van der Waals surface area contributed by atoms with E-state index in [1.807, 2.05) is 0 Å². The molecule has 0 atom stereocenters. The molecule has 1 saturated carbocycles. The molecule has 0 radical (unpaired) electrons. The Kier molecular flexibility index (Phi) is 4.45. The van der Waals surface area contributed by atoms with E-state index in [2.05, 4.69) is 5.32 Å². The summed E-state index contributed by atoms with van der Waals surface area (Å²) in [4.78, 5) is 10.4. The molecule has 110 valence electrons. The largest absolute Gasteiger partial charge is 0.396 e. The van der Waals surface area contributed by atoms with E-state index in [0.29, 0.717) is 6.54 Å². The van der Waals surface area contributed by atoms with Gasteiger partial charge in [-0.2, -0.15) is 0 Å². The third kappa shape index (κ3) is 3.02. The van der Waals surface area contributed by atoms with Crippen molar-refractivity contribution in [2.24, 2.45) is 5.41 Å². The number of halogens is 2. The van der Waals surface area contributed by atoms with Crippen molar-refractivity contribution >= 4 is 23.0 Å². The van der Waals surface area contributed by atoms with Crippen LogP contribution >= 0.6 is 11.6 Å². The highest BCUT2D eigenvalue weighted by atomic mass is 35.5. The normalized spacial score (nSPS) is 17.1. The van der Waals surface area contributed by atoms with Crippen molar-refractivity contribution < 1.29 is 14.4 Å². The first kappa shape index (κ1) is 15.0. The van der Waals surface area contributed by atoms with Gasteiger partial charge in [0.1, 0.15) is 11.5 Å². The van der Waals surface area contributed by atoms with Crippen LogP contribution in [0, 0.1) is 21.3 Å². The Bertz CT molecular complexity index is 519. The van der Waals surface area contributed by atoms with Crippen LogP contribution in [0.4, 0.5) is 15.8 Å². The molecule has 0 amide bonds. The molecule has 1 aliphatic rings. The Balaban J connectivity index is 2.20. The third-order valence-corrected chi connectivity index (χ3v) is 4.18. The minimum atomic E-state index is -0.704. The molecule has 0 unspecified atom stereocenters. The Morgan fingerprint density at radius 3 is 2.65 bits per heavy atom. The maximum atomic E-state index is 13.5. The van der Waals surface area contributed by atoms with Crippen molar-refractivity contribution in [3.8, 4) is 0 Å². The van der Waals surface area contributed by atoms with E-state index in [0.717, 1.165) is 37.8 Å². The summed E-state index contributed by atoms with van der Waals surface area (Å²) in [5.41, 5.74) is -0.441. The van der Waals surface area contributed by atoms with Crippen LogP contribution in [0.25, 0.3) is 0 Å². The van der Waals surface area contributed by atoms with Crippen molar-refractivity contribution in [1.29, 1.82) is 0 Å². The summed E-state index contributed by atoms with van der Waals surface area (Å²) < 4.78 is 13.5. The molecule has 7 heteroatoms. The van der Waals surface area contributed by atoms with E-state index in [1.165, 1.54) is 0 Å². The maximum absolute atomic E-state index is 13.5. The molecule has 5 nitrogen and oxygen atoms in total. The predicted octanol–water partition coefficient (Wildman–Crippen LogP) is 3.35. The van der Waals surface area contributed by atoms with Gasteiger partial charge in [-0.25, -0.2) is 4.39 Å². The highest BCUT2D eigenvalue weighted by Crippen LogP contribution is 2.39. The van der Waals surface area contributed by atoms with Gasteiger partial charge in [0.25, 0.3) is 5.69 Å². The molecule has 0 saturated heterocycles. The van der Waals surface area contributed by atoms with E-state index in [1.54, 1.807) is 0 Å². The maximum Gasteiger partial charge on any atom is 0.294 e. The smallest absolute Gasteiger partial charge is 0.294 e. The molecule has 20 heavy (non-hydrogen) atoms. The number of aliphatic hydroxyl groups is 1. The number of aliphatic hydroxyl groups excluding tert-OH is 1. The zero-order valence-corrected chi connectivity index (χ0v) is 11.6. The lowest BCUT2D eigenvalue weighted by Gasteiger charge is -2.27. The standard InChI is InChI=1S/C13H16ClFN2O3/c14-9-5-12(17(19)20)11(6-10(9)15)16-7-13(8-18)3-1-2-4-13/h5-6,16,18H,1-4,7-8H2. The van der Waals surface area contributed by atoms with E-state index in [-0.39, 0.29) is 28.4 Å². The number of benzene rings is 1. The number of anilines is 1. The molecular weight excluding hydrogens is 287 g/mol. The number of nitro benzene ring substituents is 1. The van der Waals surface area contributed by atoms with E-state index in [9.17, 15) is 19.6 Å². The number of nitrogens with one attached hydrogen (secondary N) is 1. The molecular formula is C13H16ClFN2O3. The first-order valence-corrected chi connectivity index (χ1v) is 6.83. The molecule has 0 heterocycles. The molecule has 0 spiro atoms. The Morgan fingerprint density at radius 2 is 2.10 bits per heavy atom. The quantitative estimate of drug-likeness (QED) is 0.646. The topological polar surface area (TPSA) is 75.4 Å². The van der Waals surface area contributed by atoms with Gasteiger partial charge in [-0.3, -0.25) is 10.1 Å². The molecule has 0 aliphatic heterocycles. The van der Waals surface area contributed by atoms with E-state index < -0.39 is 10.7 Å². The van der Waals surface area contributed by atoms with Gasteiger partial charge in [-0.05, 0) is 12.8 Å². The van der Waals surface area contributed by atoms with Gasteiger partial charge in [0.05, 0.1) is 16.6 Å². The molecule has 1 aromatic carbocycles. The molecule has 0 bridgehead atoms. The van der Waals surface area contributed by atoms with Crippen LogP contribution in [-0.2, 0) is 0 Å². The monoisotopic (exact) mass is 302 g/mol. The Morgan fingerprint density at radius 1 is 1.45 bits per heavy atom. The van der Waals surface area contributed by atoms with Crippen LogP contribution < -0.4 is 5.32 Å². The second-order valence-electron chi connectivity index (χ2n) is 5.26. The van der Waals surface area contributed by atoms with Crippen LogP contribution in [0.15, 0.2) is 12.1 Å². The molecule has 0 aromatic heterocycles. The van der Waals surface area contributed by atoms with Gasteiger partial charge >= 0.3 is 0 Å². The SMILES string of the molecule is O=[N+]([O-])c1cc(Cl)c(F)cc1NCC1(CO)CCCC1. The highest BCUT2D eigenvalue weighted by Gasteiger charge is 2.33. The second kappa shape index (κ2) is 5.93. The summed E-state index contributed by atoms with van der Waals surface area (Å²) in [6.45, 7) is 0.398. The van der Waals surface area contributed by atoms with Crippen LogP contribution in [0.3, 0.4) is 0 Å². The molecule has 1 fully saturated rings. The Labute approximate surface area is 120 Å². The number of hydrogen-bond donors (Lipinski definition) is 2. The van der Waals surface area contributed by atoms with Crippen molar-refractivity contribution in [2.75, 3.05) is 18.5 Å². The van der Waals surface area contributed by atoms with Crippen LogP contribution in [-0.4, -0.2) is 23.2 Å². The zero-order valence-electron chi connectivity index (χ0n) is 10.9. The number of nitrogens with zero attached hydrogens (tertiary/aromatic N) is 1. The third-order valence-electron chi connectivity index (χ3n) is 3.89. The van der Waals surface area contributed by atoms with Crippen molar-refractivity contribution in [1.82, 2.24) is 0 Å². The summed E-state index contributed by atoms with van der Waals surface area (Å²) in [5.74, 6) is -0.704. The fraction of sp³-hybridized carbons (Fsp3) is 0.538. The van der Waals surface area contributed by atoms with Gasteiger partial charge in [-0.1, -0.05) is 24.4 Å². The van der Waals surface area contributed by atoms with Gasteiger partial charge < -0.3 is 10.4 Å². The zero-order chi connectivity index (χ0) is 14.8. The van der Waals surface area contributed by atoms with Gasteiger partial charge in [-0.15, -0.1) is 0 Å². The summed E-state index contributed by atoms with van der Waals surface area (Å²) in [5, 5.41) is 23.1. The average molecular weight is 303 g/mol. The number of rotatable bonds is 5. The number of hydrogen-bond acceptors (Lipinski definition) is 4. The first-order chi connectivity index (χ1) is 9.47. The summed E-state index contributed by atoms with van der Waals surface area (Å²) in [6.07, 6.45) is 3.78. The second-order valence-corrected chi connectivity index (χ2v) is 5.67.